The second kappa shape index (κ2) is 7.02. The van der Waals surface area contributed by atoms with Gasteiger partial charge in [0.25, 0.3) is 6.43 Å². The molecule has 1 aromatic rings. The van der Waals surface area contributed by atoms with E-state index >= 15 is 0 Å². The average Bonchev–Trinajstić information content (AvgIpc) is 2.30. The lowest BCUT2D eigenvalue weighted by Gasteiger charge is -2.32. The van der Waals surface area contributed by atoms with E-state index in [1.54, 1.807) is 24.1 Å². The van der Waals surface area contributed by atoms with Gasteiger partial charge in [0.2, 0.25) is 0 Å². The summed E-state index contributed by atoms with van der Waals surface area (Å²) in [5.74, 6) is 0. The van der Waals surface area contributed by atoms with Gasteiger partial charge in [0.15, 0.2) is 0 Å². The molecular formula is C13H19ClF2N2. The van der Waals surface area contributed by atoms with Gasteiger partial charge in [0.1, 0.15) is 0 Å². The third-order valence-electron chi connectivity index (χ3n) is 2.99. The van der Waals surface area contributed by atoms with Crippen molar-refractivity contribution in [1.82, 2.24) is 4.90 Å². The van der Waals surface area contributed by atoms with Crippen molar-refractivity contribution < 1.29 is 8.78 Å². The highest BCUT2D eigenvalue weighted by atomic mass is 35.5. The minimum absolute atomic E-state index is 0.185. The van der Waals surface area contributed by atoms with Crippen LogP contribution in [0.2, 0.25) is 5.02 Å². The number of likely N-dealkylation sites (N-methyl/N-ethyl adjacent to an activating group) is 1. The summed E-state index contributed by atoms with van der Waals surface area (Å²) in [6, 6.07) is 6.77. The minimum atomic E-state index is -2.37. The first-order valence-corrected chi connectivity index (χ1v) is 6.33. The van der Waals surface area contributed by atoms with Crippen molar-refractivity contribution in [1.29, 1.82) is 0 Å². The van der Waals surface area contributed by atoms with Gasteiger partial charge in [-0.2, -0.15) is 0 Å². The number of benzene rings is 1. The van der Waals surface area contributed by atoms with Crippen molar-refractivity contribution in [3.63, 3.8) is 0 Å². The van der Waals surface area contributed by atoms with Gasteiger partial charge in [-0.25, -0.2) is 8.78 Å². The second-order valence-electron chi connectivity index (χ2n) is 4.40. The number of hydrogen-bond acceptors (Lipinski definition) is 2. The van der Waals surface area contributed by atoms with E-state index in [-0.39, 0.29) is 18.6 Å². The summed E-state index contributed by atoms with van der Waals surface area (Å²) in [5.41, 5.74) is 6.96. The molecule has 0 amide bonds. The fourth-order valence-corrected chi connectivity index (χ4v) is 2.17. The van der Waals surface area contributed by atoms with E-state index in [1.807, 2.05) is 19.1 Å². The van der Waals surface area contributed by atoms with Crippen LogP contribution in [0.1, 0.15) is 24.9 Å². The molecule has 0 aliphatic heterocycles. The molecule has 1 rings (SSSR count). The molecule has 0 bridgehead atoms. The Balaban J connectivity index is 2.94. The number of halogens is 3. The molecule has 1 aromatic carbocycles. The minimum Gasteiger partial charge on any atom is -0.326 e. The Morgan fingerprint density at radius 1 is 1.28 bits per heavy atom. The normalized spacial score (nSPS) is 15.1. The van der Waals surface area contributed by atoms with Crippen molar-refractivity contribution in [3.8, 4) is 0 Å². The van der Waals surface area contributed by atoms with Crippen LogP contribution in [0.3, 0.4) is 0 Å². The quantitative estimate of drug-likeness (QED) is 0.864. The van der Waals surface area contributed by atoms with Gasteiger partial charge in [0.05, 0.1) is 6.54 Å². The van der Waals surface area contributed by atoms with Gasteiger partial charge in [-0.3, -0.25) is 4.90 Å². The van der Waals surface area contributed by atoms with E-state index in [9.17, 15) is 8.78 Å². The summed E-state index contributed by atoms with van der Waals surface area (Å²) in [5, 5.41) is 0.624. The lowest BCUT2D eigenvalue weighted by molar-refractivity contribution is 0.0735. The van der Waals surface area contributed by atoms with Gasteiger partial charge in [-0.05, 0) is 31.2 Å². The molecule has 0 fully saturated rings. The van der Waals surface area contributed by atoms with E-state index in [0.717, 1.165) is 12.0 Å². The van der Waals surface area contributed by atoms with Crippen LogP contribution in [-0.2, 0) is 0 Å². The molecule has 0 spiro atoms. The zero-order valence-electron chi connectivity index (χ0n) is 10.6. The zero-order chi connectivity index (χ0) is 13.7. The summed E-state index contributed by atoms with van der Waals surface area (Å²) in [7, 11) is 1.67. The molecule has 0 aliphatic carbocycles. The van der Waals surface area contributed by atoms with Crippen LogP contribution in [0.4, 0.5) is 8.78 Å². The van der Waals surface area contributed by atoms with Crippen LogP contribution in [0.15, 0.2) is 24.3 Å². The van der Waals surface area contributed by atoms with Crippen LogP contribution >= 0.6 is 11.6 Å². The fourth-order valence-electron chi connectivity index (χ4n) is 2.04. The monoisotopic (exact) mass is 276 g/mol. The molecule has 102 valence electrons. The van der Waals surface area contributed by atoms with Gasteiger partial charge in [0, 0.05) is 17.1 Å². The van der Waals surface area contributed by atoms with Crippen LogP contribution in [0.5, 0.6) is 0 Å². The Bertz CT molecular complexity index is 357. The summed E-state index contributed by atoms with van der Waals surface area (Å²) in [6.45, 7) is 1.66. The van der Waals surface area contributed by atoms with Gasteiger partial charge < -0.3 is 5.73 Å². The first-order valence-electron chi connectivity index (χ1n) is 5.95. The average molecular weight is 277 g/mol. The number of nitrogens with zero attached hydrogens (tertiary/aromatic N) is 1. The molecule has 2 unspecified atom stereocenters. The summed E-state index contributed by atoms with van der Waals surface area (Å²) in [4.78, 5) is 1.60. The first-order chi connectivity index (χ1) is 8.45. The molecular weight excluding hydrogens is 258 g/mol. The summed E-state index contributed by atoms with van der Waals surface area (Å²) >= 11 is 5.83. The molecule has 2 N–H and O–H groups in total. The van der Waals surface area contributed by atoms with E-state index in [4.69, 9.17) is 17.3 Å². The molecule has 0 radical (unpaired) electrons. The molecule has 0 heterocycles. The van der Waals surface area contributed by atoms with Crippen LogP contribution in [0.25, 0.3) is 0 Å². The number of rotatable bonds is 6. The van der Waals surface area contributed by atoms with Crippen LogP contribution in [-0.4, -0.2) is 31.0 Å². The number of nitrogens with two attached hydrogens (primary N) is 1. The predicted molar refractivity (Wildman–Crippen MR) is 71.1 cm³/mol. The number of hydrogen-bond donors (Lipinski definition) is 1. The summed E-state index contributed by atoms with van der Waals surface area (Å²) in [6.07, 6.45) is -1.64. The molecule has 0 aromatic heterocycles. The smallest absolute Gasteiger partial charge is 0.251 e. The second-order valence-corrected chi connectivity index (χ2v) is 4.84. The van der Waals surface area contributed by atoms with E-state index < -0.39 is 6.43 Å². The lowest BCUT2D eigenvalue weighted by atomic mass is 9.97. The third-order valence-corrected chi connectivity index (χ3v) is 3.24. The highest BCUT2D eigenvalue weighted by Crippen LogP contribution is 2.25. The molecule has 0 saturated carbocycles. The Hall–Kier alpha value is -0.710. The van der Waals surface area contributed by atoms with Crippen molar-refractivity contribution in [2.24, 2.45) is 5.73 Å². The van der Waals surface area contributed by atoms with Crippen LogP contribution in [0, 0.1) is 0 Å². The summed E-state index contributed by atoms with van der Waals surface area (Å²) < 4.78 is 25.0. The van der Waals surface area contributed by atoms with Crippen molar-refractivity contribution in [2.45, 2.75) is 31.9 Å². The largest absolute Gasteiger partial charge is 0.326 e. The maximum atomic E-state index is 12.5. The molecule has 2 nitrogen and oxygen atoms in total. The highest BCUT2D eigenvalue weighted by Gasteiger charge is 2.24. The highest BCUT2D eigenvalue weighted by molar-refractivity contribution is 6.30. The third kappa shape index (κ3) is 4.19. The van der Waals surface area contributed by atoms with Gasteiger partial charge in [-0.15, -0.1) is 0 Å². The van der Waals surface area contributed by atoms with E-state index in [1.165, 1.54) is 0 Å². The molecule has 0 aliphatic rings. The van der Waals surface area contributed by atoms with E-state index in [0.29, 0.717) is 5.02 Å². The Morgan fingerprint density at radius 2 is 1.83 bits per heavy atom. The van der Waals surface area contributed by atoms with Crippen LogP contribution < -0.4 is 5.73 Å². The Morgan fingerprint density at radius 3 is 2.28 bits per heavy atom. The maximum Gasteiger partial charge on any atom is 0.251 e. The molecule has 0 saturated heterocycles. The first kappa shape index (κ1) is 15.3. The van der Waals surface area contributed by atoms with Crippen molar-refractivity contribution >= 4 is 11.6 Å². The fraction of sp³-hybridized carbons (Fsp3) is 0.538. The lowest BCUT2D eigenvalue weighted by Crippen LogP contribution is -2.40. The Kier molecular flexibility index (Phi) is 5.99. The number of alkyl halides is 2. The topological polar surface area (TPSA) is 29.3 Å². The maximum absolute atomic E-state index is 12.5. The standard InChI is InChI=1S/C13H19ClF2N2/c1-3-11(17)13(18(2)8-12(15)16)9-4-6-10(14)7-5-9/h4-7,11-13H,3,8,17H2,1-2H3. The van der Waals surface area contributed by atoms with Gasteiger partial charge >= 0.3 is 0 Å². The van der Waals surface area contributed by atoms with Crippen molar-refractivity contribution in [2.75, 3.05) is 13.6 Å². The van der Waals surface area contributed by atoms with Gasteiger partial charge in [-0.1, -0.05) is 30.7 Å². The molecule has 2 atom stereocenters. The predicted octanol–water partition coefficient (Wildman–Crippen LogP) is 3.32. The zero-order valence-corrected chi connectivity index (χ0v) is 11.4. The molecule has 5 heteroatoms. The van der Waals surface area contributed by atoms with Crippen molar-refractivity contribution in [3.05, 3.63) is 34.9 Å². The molecule has 18 heavy (non-hydrogen) atoms. The Labute approximate surface area is 112 Å². The van der Waals surface area contributed by atoms with E-state index in [2.05, 4.69) is 0 Å². The SMILES string of the molecule is CCC(N)C(c1ccc(Cl)cc1)N(C)CC(F)F.